The van der Waals surface area contributed by atoms with Crippen LogP contribution in [0.5, 0.6) is 0 Å². The summed E-state index contributed by atoms with van der Waals surface area (Å²) in [6.45, 7) is 5.90. The van der Waals surface area contributed by atoms with Crippen LogP contribution in [0, 0.1) is 5.92 Å². The molecule has 2 aromatic rings. The van der Waals surface area contributed by atoms with E-state index in [-0.39, 0.29) is 11.8 Å². The number of methoxy groups -OCH3 is 1. The van der Waals surface area contributed by atoms with Crippen molar-refractivity contribution in [1.82, 2.24) is 9.97 Å². The molecule has 3 rings (SSSR count). The Morgan fingerprint density at radius 3 is 2.79 bits per heavy atom. The number of hydrogen-bond donors (Lipinski definition) is 1. The van der Waals surface area contributed by atoms with Crippen LogP contribution in [-0.2, 0) is 22.4 Å². The van der Waals surface area contributed by atoms with Crippen LogP contribution in [0.3, 0.4) is 0 Å². The molecule has 0 saturated heterocycles. The number of ether oxygens (including phenoxy) is 1. The van der Waals surface area contributed by atoms with E-state index >= 15 is 0 Å². The maximum absolute atomic E-state index is 12.7. The van der Waals surface area contributed by atoms with Gasteiger partial charge in [-0.1, -0.05) is 6.07 Å². The summed E-state index contributed by atoms with van der Waals surface area (Å²) in [4.78, 5) is 35.7. The minimum atomic E-state index is -0.427. The number of amides is 1. The zero-order valence-corrected chi connectivity index (χ0v) is 16.6. The number of hydrogen-bond acceptors (Lipinski definition) is 6. The van der Waals surface area contributed by atoms with Crippen molar-refractivity contribution in [2.24, 2.45) is 5.92 Å². The lowest BCUT2D eigenvalue weighted by molar-refractivity contribution is -0.120. The van der Waals surface area contributed by atoms with Crippen molar-refractivity contribution in [1.29, 1.82) is 0 Å². The van der Waals surface area contributed by atoms with E-state index in [1.165, 1.54) is 7.11 Å². The number of anilines is 2. The Morgan fingerprint density at radius 2 is 2.07 bits per heavy atom. The third kappa shape index (κ3) is 4.30. The first kappa shape index (κ1) is 19.8. The third-order valence-electron chi connectivity index (χ3n) is 5.11. The summed E-state index contributed by atoms with van der Waals surface area (Å²) in [6, 6.07) is 6.77. The summed E-state index contributed by atoms with van der Waals surface area (Å²) in [5.41, 5.74) is 3.07. The van der Waals surface area contributed by atoms with Crippen molar-refractivity contribution in [2.45, 2.75) is 33.1 Å². The van der Waals surface area contributed by atoms with Crippen LogP contribution in [0.15, 0.2) is 30.5 Å². The number of nitrogens with one attached hydrogen (secondary N) is 1. The van der Waals surface area contributed by atoms with E-state index in [4.69, 9.17) is 9.72 Å². The number of carbonyl (C=O) groups is 2. The molecule has 0 radical (unpaired) electrons. The van der Waals surface area contributed by atoms with Gasteiger partial charge in [0.1, 0.15) is 0 Å². The van der Waals surface area contributed by atoms with Crippen molar-refractivity contribution in [3.63, 3.8) is 0 Å². The Kier molecular flexibility index (Phi) is 6.23. The van der Waals surface area contributed by atoms with Crippen molar-refractivity contribution in [3.8, 4) is 0 Å². The Labute approximate surface area is 165 Å². The second-order valence-electron chi connectivity index (χ2n) is 6.82. The monoisotopic (exact) mass is 382 g/mol. The molecule has 1 aromatic carbocycles. The molecule has 0 fully saturated rings. The molecule has 7 heteroatoms. The highest BCUT2D eigenvalue weighted by molar-refractivity contribution is 5.95. The van der Waals surface area contributed by atoms with Gasteiger partial charge >= 0.3 is 5.97 Å². The molecule has 1 aromatic heterocycles. The van der Waals surface area contributed by atoms with Crippen LogP contribution in [-0.4, -0.2) is 42.0 Å². The Morgan fingerprint density at radius 1 is 1.29 bits per heavy atom. The minimum Gasteiger partial charge on any atom is -0.465 e. The molecule has 1 amide bonds. The fraction of sp³-hybridized carbons (Fsp3) is 0.429. The molecule has 7 nitrogen and oxygen atoms in total. The minimum absolute atomic E-state index is 0.0551. The van der Waals surface area contributed by atoms with Crippen LogP contribution in [0.2, 0.25) is 0 Å². The van der Waals surface area contributed by atoms with Crippen molar-refractivity contribution in [2.75, 3.05) is 30.4 Å². The molecule has 0 aliphatic heterocycles. The Bertz CT molecular complexity index is 864. The first-order chi connectivity index (χ1) is 13.5. The molecule has 1 aliphatic carbocycles. The first-order valence-electron chi connectivity index (χ1n) is 9.64. The zero-order chi connectivity index (χ0) is 20.1. The van der Waals surface area contributed by atoms with E-state index in [2.05, 4.69) is 29.0 Å². The Balaban J connectivity index is 1.68. The molecule has 0 unspecified atom stereocenters. The van der Waals surface area contributed by atoms with Gasteiger partial charge < -0.3 is 15.0 Å². The molecule has 0 spiro atoms. The van der Waals surface area contributed by atoms with E-state index in [0.29, 0.717) is 17.7 Å². The second-order valence-corrected chi connectivity index (χ2v) is 6.82. The summed E-state index contributed by atoms with van der Waals surface area (Å²) in [7, 11) is 1.33. The van der Waals surface area contributed by atoms with Crippen LogP contribution in [0.25, 0.3) is 0 Å². The lowest BCUT2D eigenvalue weighted by Gasteiger charge is -2.25. The topological polar surface area (TPSA) is 84.4 Å². The van der Waals surface area contributed by atoms with Gasteiger partial charge in [-0.25, -0.2) is 14.8 Å². The zero-order valence-electron chi connectivity index (χ0n) is 16.6. The standard InChI is InChI=1S/C21H26N4O3/c1-4-25(5-2)21-22-13-16-11-14(9-10-18(16)24-21)19(26)23-17-8-6-7-15(12-17)20(27)28-3/h6-8,12-14H,4-5,9-11H2,1-3H3,(H,23,26)/t14-/m0/s1. The predicted molar refractivity (Wildman–Crippen MR) is 108 cm³/mol. The molecule has 1 N–H and O–H groups in total. The molecule has 28 heavy (non-hydrogen) atoms. The number of carbonyl (C=O) groups excluding carboxylic acids is 2. The number of nitrogens with zero attached hydrogens (tertiary/aromatic N) is 3. The summed E-state index contributed by atoms with van der Waals surface area (Å²) in [5.74, 6) is 0.132. The second kappa shape index (κ2) is 8.82. The van der Waals surface area contributed by atoms with E-state index in [9.17, 15) is 9.59 Å². The predicted octanol–water partition coefficient (Wildman–Crippen LogP) is 2.85. The van der Waals surface area contributed by atoms with E-state index in [1.807, 2.05) is 6.20 Å². The van der Waals surface area contributed by atoms with E-state index < -0.39 is 5.97 Å². The molecule has 148 valence electrons. The number of fused-ring (bicyclic) bond motifs is 1. The van der Waals surface area contributed by atoms with Crippen LogP contribution >= 0.6 is 0 Å². The highest BCUT2D eigenvalue weighted by Gasteiger charge is 2.26. The third-order valence-corrected chi connectivity index (χ3v) is 5.11. The van der Waals surface area contributed by atoms with Gasteiger partial charge in [0.2, 0.25) is 11.9 Å². The number of benzene rings is 1. The quantitative estimate of drug-likeness (QED) is 0.774. The highest BCUT2D eigenvalue weighted by Crippen LogP contribution is 2.26. The van der Waals surface area contributed by atoms with Crippen molar-refractivity contribution >= 4 is 23.5 Å². The summed E-state index contributed by atoms with van der Waals surface area (Å²) >= 11 is 0. The maximum atomic E-state index is 12.7. The van der Waals surface area contributed by atoms with Gasteiger partial charge in [-0.2, -0.15) is 0 Å². The normalized spacial score (nSPS) is 15.5. The highest BCUT2D eigenvalue weighted by atomic mass is 16.5. The molecule has 0 saturated carbocycles. The van der Waals surface area contributed by atoms with Crippen LogP contribution < -0.4 is 10.2 Å². The van der Waals surface area contributed by atoms with Gasteiger partial charge in [0.15, 0.2) is 0 Å². The smallest absolute Gasteiger partial charge is 0.337 e. The van der Waals surface area contributed by atoms with Crippen LogP contribution in [0.4, 0.5) is 11.6 Å². The fourth-order valence-corrected chi connectivity index (χ4v) is 3.47. The van der Waals surface area contributed by atoms with Gasteiger partial charge in [0.25, 0.3) is 0 Å². The molecule has 0 bridgehead atoms. The van der Waals surface area contributed by atoms with E-state index in [1.54, 1.807) is 24.3 Å². The van der Waals surface area contributed by atoms with Gasteiger partial charge in [0.05, 0.1) is 12.7 Å². The van der Waals surface area contributed by atoms with Crippen molar-refractivity contribution < 1.29 is 14.3 Å². The van der Waals surface area contributed by atoms with E-state index in [0.717, 1.165) is 43.1 Å². The lowest BCUT2D eigenvalue weighted by atomic mass is 9.86. The SMILES string of the molecule is CCN(CC)c1ncc2c(n1)CC[C@H](C(=O)Nc1cccc(C(=O)OC)c1)C2. The lowest BCUT2D eigenvalue weighted by Crippen LogP contribution is -2.30. The summed E-state index contributed by atoms with van der Waals surface area (Å²) < 4.78 is 4.73. The number of aryl methyl sites for hydroxylation is 1. The summed E-state index contributed by atoms with van der Waals surface area (Å²) in [6.07, 6.45) is 3.97. The number of rotatable bonds is 6. The maximum Gasteiger partial charge on any atom is 0.337 e. The first-order valence-corrected chi connectivity index (χ1v) is 9.64. The number of esters is 1. The average Bonchev–Trinajstić information content (AvgIpc) is 2.73. The van der Waals surface area contributed by atoms with Crippen LogP contribution in [0.1, 0.15) is 41.9 Å². The fourth-order valence-electron chi connectivity index (χ4n) is 3.47. The molecular formula is C21H26N4O3. The van der Waals surface area contributed by atoms with Gasteiger partial charge in [0, 0.05) is 36.6 Å². The average molecular weight is 382 g/mol. The van der Waals surface area contributed by atoms with Crippen molar-refractivity contribution in [3.05, 3.63) is 47.3 Å². The largest absolute Gasteiger partial charge is 0.465 e. The van der Waals surface area contributed by atoms with Gasteiger partial charge in [-0.05, 0) is 56.9 Å². The summed E-state index contributed by atoms with van der Waals surface area (Å²) in [5, 5.41) is 2.91. The molecular weight excluding hydrogens is 356 g/mol. The Hall–Kier alpha value is -2.96. The van der Waals surface area contributed by atoms with Gasteiger partial charge in [-0.3, -0.25) is 4.79 Å². The molecule has 1 aliphatic rings. The molecule has 1 heterocycles. The molecule has 1 atom stereocenters. The number of aromatic nitrogens is 2. The van der Waals surface area contributed by atoms with Gasteiger partial charge in [-0.15, -0.1) is 0 Å².